The van der Waals surface area contributed by atoms with Crippen molar-refractivity contribution in [1.29, 1.82) is 0 Å². The van der Waals surface area contributed by atoms with Crippen LogP contribution in [0.1, 0.15) is 40.0 Å². The number of carbonyl (C=O) groups is 2. The molecule has 0 aliphatic carbocycles. The van der Waals surface area contributed by atoms with Gasteiger partial charge in [-0.15, -0.1) is 0 Å². The maximum Gasteiger partial charge on any atom is 0.261 e. The number of imide groups is 1. The van der Waals surface area contributed by atoms with E-state index >= 15 is 0 Å². The van der Waals surface area contributed by atoms with Gasteiger partial charge in [-0.2, -0.15) is 4.31 Å². The fourth-order valence-electron chi connectivity index (χ4n) is 2.76. The lowest BCUT2D eigenvalue weighted by molar-refractivity contribution is 0.0693. The number of hydrogen-bond acceptors (Lipinski definition) is 4. The van der Waals surface area contributed by atoms with E-state index in [9.17, 15) is 18.0 Å². The van der Waals surface area contributed by atoms with Gasteiger partial charge in [0.05, 0.1) is 16.0 Å². The standard InChI is InChI=1S/C14H16N2O4S/c1-15-13(17)11-6-5-10(9-12(11)14(15)18)21(19,20)16-7-3-2-4-8-16/h5-6,9H,2-4,7-8H2,1H3. The Morgan fingerprint density at radius 3 is 2.24 bits per heavy atom. The number of amides is 2. The SMILES string of the molecule is CN1C(=O)c2ccc(S(=O)(=O)N3CCCCC3)cc2C1=O. The van der Waals surface area contributed by atoms with Gasteiger partial charge in [0.15, 0.2) is 0 Å². The van der Waals surface area contributed by atoms with Crippen LogP contribution in [0, 0.1) is 0 Å². The molecule has 2 aliphatic heterocycles. The lowest BCUT2D eigenvalue weighted by Gasteiger charge is -2.25. The Morgan fingerprint density at radius 1 is 0.952 bits per heavy atom. The molecule has 0 aromatic heterocycles. The van der Waals surface area contributed by atoms with Crippen molar-refractivity contribution in [3.05, 3.63) is 29.3 Å². The van der Waals surface area contributed by atoms with Gasteiger partial charge in [-0.05, 0) is 31.0 Å². The Labute approximate surface area is 123 Å². The molecule has 2 heterocycles. The predicted octanol–water partition coefficient (Wildman–Crippen LogP) is 1.09. The molecule has 7 heteroatoms. The Hall–Kier alpha value is -1.73. The molecule has 112 valence electrons. The molecule has 0 spiro atoms. The highest BCUT2D eigenvalue weighted by Crippen LogP contribution is 2.27. The molecule has 3 rings (SSSR count). The highest BCUT2D eigenvalue weighted by atomic mass is 32.2. The van der Waals surface area contributed by atoms with Crippen LogP contribution in [0.5, 0.6) is 0 Å². The average molecular weight is 308 g/mol. The number of fused-ring (bicyclic) bond motifs is 1. The van der Waals surface area contributed by atoms with Gasteiger partial charge in [0.25, 0.3) is 11.8 Å². The van der Waals surface area contributed by atoms with Crippen LogP contribution in [-0.2, 0) is 10.0 Å². The molecule has 0 unspecified atom stereocenters. The van der Waals surface area contributed by atoms with Crippen LogP contribution >= 0.6 is 0 Å². The van der Waals surface area contributed by atoms with Gasteiger partial charge in [-0.3, -0.25) is 14.5 Å². The molecule has 21 heavy (non-hydrogen) atoms. The molecule has 2 aliphatic rings. The minimum Gasteiger partial charge on any atom is -0.277 e. The van der Waals surface area contributed by atoms with Gasteiger partial charge in [0.2, 0.25) is 10.0 Å². The molecule has 1 aromatic rings. The number of piperidine rings is 1. The van der Waals surface area contributed by atoms with Gasteiger partial charge in [-0.1, -0.05) is 6.42 Å². The zero-order valence-corrected chi connectivity index (χ0v) is 12.5. The number of nitrogens with zero attached hydrogens (tertiary/aromatic N) is 2. The number of carbonyl (C=O) groups excluding carboxylic acids is 2. The van der Waals surface area contributed by atoms with Crippen molar-refractivity contribution in [2.24, 2.45) is 0 Å². The largest absolute Gasteiger partial charge is 0.277 e. The normalized spacial score (nSPS) is 20.0. The van der Waals surface area contributed by atoms with E-state index in [1.165, 1.54) is 29.6 Å². The fraction of sp³-hybridized carbons (Fsp3) is 0.429. The summed E-state index contributed by atoms with van der Waals surface area (Å²) in [4.78, 5) is 24.9. The van der Waals surface area contributed by atoms with Crippen LogP contribution in [0.4, 0.5) is 0 Å². The smallest absolute Gasteiger partial charge is 0.261 e. The summed E-state index contributed by atoms with van der Waals surface area (Å²) in [6.07, 6.45) is 2.74. The van der Waals surface area contributed by atoms with Crippen molar-refractivity contribution in [3.8, 4) is 0 Å². The molecule has 0 saturated carbocycles. The minimum absolute atomic E-state index is 0.0830. The van der Waals surface area contributed by atoms with Crippen LogP contribution in [0.3, 0.4) is 0 Å². The summed E-state index contributed by atoms with van der Waals surface area (Å²) in [5.74, 6) is -0.845. The molecular formula is C14H16N2O4S. The number of hydrogen-bond donors (Lipinski definition) is 0. The number of benzene rings is 1. The third kappa shape index (κ3) is 2.16. The molecule has 0 N–H and O–H groups in total. The van der Waals surface area contributed by atoms with E-state index in [2.05, 4.69) is 0 Å². The van der Waals surface area contributed by atoms with Crippen molar-refractivity contribution < 1.29 is 18.0 Å². The van der Waals surface area contributed by atoms with Crippen molar-refractivity contribution >= 4 is 21.8 Å². The average Bonchev–Trinajstić information content (AvgIpc) is 2.72. The van der Waals surface area contributed by atoms with Gasteiger partial charge in [-0.25, -0.2) is 8.42 Å². The van der Waals surface area contributed by atoms with Crippen molar-refractivity contribution in [3.63, 3.8) is 0 Å². The fourth-order valence-corrected chi connectivity index (χ4v) is 4.30. The number of rotatable bonds is 2. The highest BCUT2D eigenvalue weighted by Gasteiger charge is 2.35. The molecule has 1 saturated heterocycles. The molecule has 0 atom stereocenters. The van der Waals surface area contributed by atoms with E-state index in [4.69, 9.17) is 0 Å². The highest BCUT2D eigenvalue weighted by molar-refractivity contribution is 7.89. The van der Waals surface area contributed by atoms with Gasteiger partial charge in [0, 0.05) is 20.1 Å². The van der Waals surface area contributed by atoms with E-state index in [0.717, 1.165) is 24.2 Å². The van der Waals surface area contributed by atoms with E-state index < -0.39 is 21.8 Å². The quantitative estimate of drug-likeness (QED) is 0.766. The third-order valence-corrected chi connectivity index (χ3v) is 5.91. The summed E-state index contributed by atoms with van der Waals surface area (Å²) in [7, 11) is -2.20. The molecule has 1 aromatic carbocycles. The van der Waals surface area contributed by atoms with Crippen molar-refractivity contribution in [2.45, 2.75) is 24.2 Å². The monoisotopic (exact) mass is 308 g/mol. The van der Waals surface area contributed by atoms with Gasteiger partial charge in [0.1, 0.15) is 0 Å². The summed E-state index contributed by atoms with van der Waals surface area (Å²) in [5, 5.41) is 0. The summed E-state index contributed by atoms with van der Waals surface area (Å²) in [6.45, 7) is 1.01. The van der Waals surface area contributed by atoms with Gasteiger partial charge >= 0.3 is 0 Å². The van der Waals surface area contributed by atoms with Crippen molar-refractivity contribution in [1.82, 2.24) is 9.21 Å². The lowest BCUT2D eigenvalue weighted by atomic mass is 10.1. The lowest BCUT2D eigenvalue weighted by Crippen LogP contribution is -2.35. The second kappa shape index (κ2) is 4.92. The topological polar surface area (TPSA) is 74.8 Å². The second-order valence-corrected chi connectivity index (χ2v) is 7.28. The summed E-state index contributed by atoms with van der Waals surface area (Å²) < 4.78 is 26.6. The van der Waals surface area contributed by atoms with Crippen LogP contribution in [0.2, 0.25) is 0 Å². The molecule has 0 bridgehead atoms. The van der Waals surface area contributed by atoms with Crippen LogP contribution in [0.15, 0.2) is 23.1 Å². The summed E-state index contributed by atoms with van der Waals surface area (Å²) in [5.41, 5.74) is 0.431. The minimum atomic E-state index is -3.59. The molecule has 2 amide bonds. The Bertz CT molecular complexity index is 720. The first-order chi connectivity index (χ1) is 9.93. The van der Waals surface area contributed by atoms with E-state index in [-0.39, 0.29) is 16.0 Å². The van der Waals surface area contributed by atoms with Crippen LogP contribution < -0.4 is 0 Å². The molecule has 1 fully saturated rings. The summed E-state index contributed by atoms with van der Waals surface area (Å²) in [6, 6.07) is 4.16. The first-order valence-corrected chi connectivity index (χ1v) is 8.33. The molecule has 6 nitrogen and oxygen atoms in total. The van der Waals surface area contributed by atoms with Crippen molar-refractivity contribution in [2.75, 3.05) is 20.1 Å². The third-order valence-electron chi connectivity index (χ3n) is 4.01. The zero-order valence-electron chi connectivity index (χ0n) is 11.7. The van der Waals surface area contributed by atoms with Crippen LogP contribution in [0.25, 0.3) is 0 Å². The van der Waals surface area contributed by atoms with E-state index in [1.54, 1.807) is 0 Å². The second-order valence-electron chi connectivity index (χ2n) is 5.34. The van der Waals surface area contributed by atoms with E-state index in [1.807, 2.05) is 0 Å². The molecular weight excluding hydrogens is 292 g/mol. The first kappa shape index (κ1) is 14.2. The zero-order chi connectivity index (χ0) is 15.2. The number of sulfonamides is 1. The maximum atomic E-state index is 12.6. The maximum absolute atomic E-state index is 12.6. The first-order valence-electron chi connectivity index (χ1n) is 6.89. The Morgan fingerprint density at radius 2 is 1.57 bits per heavy atom. The Kier molecular flexibility index (Phi) is 3.33. The Balaban J connectivity index is 2.02. The molecule has 0 radical (unpaired) electrons. The summed E-state index contributed by atoms with van der Waals surface area (Å²) >= 11 is 0. The van der Waals surface area contributed by atoms with Crippen LogP contribution in [-0.4, -0.2) is 49.6 Å². The predicted molar refractivity (Wildman–Crippen MR) is 75.5 cm³/mol. The van der Waals surface area contributed by atoms with E-state index in [0.29, 0.717) is 13.1 Å². The van der Waals surface area contributed by atoms with Gasteiger partial charge < -0.3 is 0 Å².